The highest BCUT2D eigenvalue weighted by atomic mass is 16.5. The minimum Gasteiger partial charge on any atom is -0.468 e. The van der Waals surface area contributed by atoms with Crippen LogP contribution in [0.3, 0.4) is 0 Å². The van der Waals surface area contributed by atoms with Crippen LogP contribution in [-0.4, -0.2) is 57.7 Å². The standard InChI is InChI=1S/C12H20N2O7/c1-6(8(11(17)20-3)12(18)21-4)9(10(13)16)14-7(15)5-19-2/h6,8-9H,5H2,1-4H3,(H2,13,16)(H,14,15)/t6-,9+/m1/s1. The highest BCUT2D eigenvalue weighted by molar-refractivity contribution is 5.97. The minimum absolute atomic E-state index is 0.294. The quantitative estimate of drug-likeness (QED) is 0.399. The van der Waals surface area contributed by atoms with E-state index in [9.17, 15) is 19.2 Å². The lowest BCUT2D eigenvalue weighted by molar-refractivity contribution is -0.162. The number of nitrogens with two attached hydrogens (primary N) is 1. The lowest BCUT2D eigenvalue weighted by Gasteiger charge is -2.26. The second-order valence-corrected chi connectivity index (χ2v) is 4.26. The van der Waals surface area contributed by atoms with Crippen LogP contribution in [0.1, 0.15) is 6.92 Å². The molecule has 0 rings (SSSR count). The molecule has 9 nitrogen and oxygen atoms in total. The largest absolute Gasteiger partial charge is 0.468 e. The SMILES string of the molecule is COCC(=O)N[C@H](C(N)=O)[C@H](C)C(C(=O)OC)C(=O)OC. The maximum atomic E-state index is 11.7. The number of amides is 2. The van der Waals surface area contributed by atoms with E-state index in [4.69, 9.17) is 5.73 Å². The van der Waals surface area contributed by atoms with Gasteiger partial charge in [0.05, 0.1) is 14.2 Å². The Hall–Kier alpha value is -2.16. The smallest absolute Gasteiger partial charge is 0.320 e. The Morgan fingerprint density at radius 2 is 1.52 bits per heavy atom. The minimum atomic E-state index is -1.39. The van der Waals surface area contributed by atoms with Crippen molar-refractivity contribution in [3.63, 3.8) is 0 Å². The number of hydrogen-bond acceptors (Lipinski definition) is 7. The van der Waals surface area contributed by atoms with Crippen LogP contribution >= 0.6 is 0 Å². The zero-order chi connectivity index (χ0) is 16.6. The van der Waals surface area contributed by atoms with Gasteiger partial charge in [0, 0.05) is 13.0 Å². The van der Waals surface area contributed by atoms with Crippen LogP contribution in [0.2, 0.25) is 0 Å². The number of primary amides is 1. The van der Waals surface area contributed by atoms with E-state index in [1.807, 2.05) is 0 Å². The van der Waals surface area contributed by atoms with Gasteiger partial charge in [0.25, 0.3) is 0 Å². The number of methoxy groups -OCH3 is 3. The van der Waals surface area contributed by atoms with Gasteiger partial charge in [-0.3, -0.25) is 19.2 Å². The predicted molar refractivity (Wildman–Crippen MR) is 69.7 cm³/mol. The van der Waals surface area contributed by atoms with Gasteiger partial charge in [-0.1, -0.05) is 6.92 Å². The highest BCUT2D eigenvalue weighted by Crippen LogP contribution is 2.19. The van der Waals surface area contributed by atoms with Gasteiger partial charge in [-0.15, -0.1) is 0 Å². The molecule has 9 heteroatoms. The van der Waals surface area contributed by atoms with Gasteiger partial charge in [0.15, 0.2) is 5.92 Å². The molecule has 0 aliphatic heterocycles. The Morgan fingerprint density at radius 3 is 1.86 bits per heavy atom. The number of esters is 2. The number of rotatable bonds is 8. The first-order valence-corrected chi connectivity index (χ1v) is 6.03. The van der Waals surface area contributed by atoms with Gasteiger partial charge in [0.2, 0.25) is 11.8 Å². The van der Waals surface area contributed by atoms with Crippen LogP contribution in [0.25, 0.3) is 0 Å². The van der Waals surface area contributed by atoms with Gasteiger partial charge in [0.1, 0.15) is 12.6 Å². The van der Waals surface area contributed by atoms with E-state index in [1.165, 1.54) is 14.0 Å². The van der Waals surface area contributed by atoms with Crippen molar-refractivity contribution in [1.29, 1.82) is 0 Å². The molecule has 2 amide bonds. The van der Waals surface area contributed by atoms with Crippen molar-refractivity contribution in [2.75, 3.05) is 27.9 Å². The molecule has 0 fully saturated rings. The predicted octanol–water partition coefficient (Wildman–Crippen LogP) is -1.80. The summed E-state index contributed by atoms with van der Waals surface area (Å²) in [5, 5.41) is 2.30. The molecule has 0 aliphatic rings. The third-order valence-electron chi connectivity index (χ3n) is 2.86. The molecule has 0 spiro atoms. The molecule has 0 saturated heterocycles. The summed E-state index contributed by atoms with van der Waals surface area (Å²) in [5.41, 5.74) is 5.20. The van der Waals surface area contributed by atoms with Crippen LogP contribution in [0, 0.1) is 11.8 Å². The zero-order valence-corrected chi connectivity index (χ0v) is 12.4. The van der Waals surface area contributed by atoms with Crippen LogP contribution in [0.4, 0.5) is 0 Å². The Morgan fingerprint density at radius 1 is 1.05 bits per heavy atom. The van der Waals surface area contributed by atoms with Crippen molar-refractivity contribution in [1.82, 2.24) is 5.32 Å². The summed E-state index contributed by atoms with van der Waals surface area (Å²) in [5.74, 6) is -5.63. The fourth-order valence-electron chi connectivity index (χ4n) is 1.78. The lowest BCUT2D eigenvalue weighted by atomic mass is 9.87. The summed E-state index contributed by atoms with van der Waals surface area (Å²) in [4.78, 5) is 46.3. The van der Waals surface area contributed by atoms with Crippen LogP contribution < -0.4 is 11.1 Å². The molecule has 0 bridgehead atoms. The first kappa shape index (κ1) is 18.8. The van der Waals surface area contributed by atoms with Gasteiger partial charge < -0.3 is 25.3 Å². The molecule has 2 atom stereocenters. The normalized spacial score (nSPS) is 13.2. The molecule has 3 N–H and O–H groups in total. The van der Waals surface area contributed by atoms with Crippen molar-refractivity contribution in [3.05, 3.63) is 0 Å². The molecule has 0 radical (unpaired) electrons. The van der Waals surface area contributed by atoms with Crippen molar-refractivity contribution in [2.45, 2.75) is 13.0 Å². The van der Waals surface area contributed by atoms with Gasteiger partial charge >= 0.3 is 11.9 Å². The summed E-state index contributed by atoms with van der Waals surface area (Å²) in [6.07, 6.45) is 0. The summed E-state index contributed by atoms with van der Waals surface area (Å²) < 4.78 is 13.6. The van der Waals surface area contributed by atoms with Gasteiger partial charge in [-0.2, -0.15) is 0 Å². The summed E-state index contributed by atoms with van der Waals surface area (Å²) in [6, 6.07) is -1.25. The van der Waals surface area contributed by atoms with Gasteiger partial charge in [-0.05, 0) is 0 Å². The first-order valence-electron chi connectivity index (χ1n) is 6.03. The summed E-state index contributed by atoms with van der Waals surface area (Å²) in [7, 11) is 3.48. The van der Waals surface area contributed by atoms with Crippen LogP contribution in [0.15, 0.2) is 0 Å². The van der Waals surface area contributed by atoms with E-state index >= 15 is 0 Å². The maximum Gasteiger partial charge on any atom is 0.320 e. The Bertz CT molecular complexity index is 394. The molecular weight excluding hydrogens is 284 g/mol. The fraction of sp³-hybridized carbons (Fsp3) is 0.667. The Labute approximate surface area is 122 Å². The first-order chi connectivity index (χ1) is 9.79. The molecule has 0 unspecified atom stereocenters. The number of hydrogen-bond donors (Lipinski definition) is 2. The Balaban J connectivity index is 5.26. The topological polar surface area (TPSA) is 134 Å². The van der Waals surface area contributed by atoms with Crippen molar-refractivity contribution in [2.24, 2.45) is 17.6 Å². The highest BCUT2D eigenvalue weighted by Gasteiger charge is 2.41. The summed E-state index contributed by atoms with van der Waals surface area (Å²) >= 11 is 0. The lowest BCUT2D eigenvalue weighted by Crippen LogP contribution is -2.53. The molecule has 0 saturated carbocycles. The maximum absolute atomic E-state index is 11.7. The van der Waals surface area contributed by atoms with Crippen molar-refractivity contribution >= 4 is 23.8 Å². The van der Waals surface area contributed by atoms with Gasteiger partial charge in [-0.25, -0.2) is 0 Å². The van der Waals surface area contributed by atoms with E-state index in [0.29, 0.717) is 0 Å². The molecule has 0 aromatic carbocycles. The number of nitrogens with one attached hydrogen (secondary N) is 1. The van der Waals surface area contributed by atoms with E-state index in [-0.39, 0.29) is 6.61 Å². The second kappa shape index (κ2) is 8.90. The number of carbonyl (C=O) groups is 4. The van der Waals surface area contributed by atoms with E-state index < -0.39 is 41.6 Å². The molecule has 0 aliphatic carbocycles. The third kappa shape index (κ3) is 5.38. The molecule has 21 heavy (non-hydrogen) atoms. The van der Waals surface area contributed by atoms with Crippen LogP contribution in [-0.2, 0) is 33.4 Å². The van der Waals surface area contributed by atoms with E-state index in [1.54, 1.807) is 0 Å². The van der Waals surface area contributed by atoms with Crippen molar-refractivity contribution < 1.29 is 33.4 Å². The number of carbonyl (C=O) groups excluding carboxylic acids is 4. The average molecular weight is 304 g/mol. The third-order valence-corrected chi connectivity index (χ3v) is 2.86. The van der Waals surface area contributed by atoms with E-state index in [0.717, 1.165) is 14.2 Å². The zero-order valence-electron chi connectivity index (χ0n) is 12.4. The molecule has 0 heterocycles. The van der Waals surface area contributed by atoms with Crippen LogP contribution in [0.5, 0.6) is 0 Å². The molecule has 120 valence electrons. The monoisotopic (exact) mass is 304 g/mol. The molecular formula is C12H20N2O7. The molecule has 0 aromatic rings. The average Bonchev–Trinajstić information content (AvgIpc) is 2.44. The fourth-order valence-corrected chi connectivity index (χ4v) is 1.78. The molecule has 0 aromatic heterocycles. The Kier molecular flexibility index (Phi) is 7.99. The second-order valence-electron chi connectivity index (χ2n) is 4.26. The summed E-state index contributed by atoms with van der Waals surface area (Å²) in [6.45, 7) is 1.11. The number of ether oxygens (including phenoxy) is 3. The van der Waals surface area contributed by atoms with Crippen molar-refractivity contribution in [3.8, 4) is 0 Å². The van der Waals surface area contributed by atoms with E-state index in [2.05, 4.69) is 19.5 Å².